The van der Waals surface area contributed by atoms with Crippen LogP contribution in [-0.4, -0.2) is 33.8 Å². The zero-order valence-electron chi connectivity index (χ0n) is 15.4. The number of pyridine rings is 1. The molecule has 0 saturated heterocycles. The molecule has 0 spiro atoms. The molecule has 2 heterocycles. The van der Waals surface area contributed by atoms with Gasteiger partial charge < -0.3 is 9.64 Å². The molecule has 6 nitrogen and oxygen atoms in total. The van der Waals surface area contributed by atoms with Crippen molar-refractivity contribution < 1.29 is 9.53 Å². The minimum absolute atomic E-state index is 0.0425. The zero-order valence-corrected chi connectivity index (χ0v) is 15.4. The van der Waals surface area contributed by atoms with Crippen LogP contribution in [0, 0.1) is 5.92 Å². The van der Waals surface area contributed by atoms with Crippen molar-refractivity contribution in [1.29, 1.82) is 0 Å². The van der Waals surface area contributed by atoms with Crippen LogP contribution in [-0.2, 0) is 0 Å². The smallest absolute Gasteiger partial charge is 0.260 e. The predicted octanol–water partition coefficient (Wildman–Crippen LogP) is 3.72. The molecule has 2 aromatic heterocycles. The first-order valence-electron chi connectivity index (χ1n) is 9.11. The summed E-state index contributed by atoms with van der Waals surface area (Å²) >= 11 is 0. The Bertz CT molecular complexity index is 900. The van der Waals surface area contributed by atoms with Crippen molar-refractivity contribution in [2.75, 3.05) is 12.0 Å². The number of hydrogen-bond acceptors (Lipinski definition) is 4. The molecule has 27 heavy (non-hydrogen) atoms. The molecule has 0 bridgehead atoms. The molecule has 138 valence electrons. The Labute approximate surface area is 158 Å². The van der Waals surface area contributed by atoms with Crippen LogP contribution in [0.4, 0.5) is 5.69 Å². The monoisotopic (exact) mass is 362 g/mol. The van der Waals surface area contributed by atoms with Gasteiger partial charge in [0.1, 0.15) is 5.75 Å². The number of hydrogen-bond donors (Lipinski definition) is 0. The molecule has 1 aliphatic rings. The second-order valence-electron chi connectivity index (χ2n) is 6.81. The Morgan fingerprint density at radius 1 is 1.22 bits per heavy atom. The lowest BCUT2D eigenvalue weighted by molar-refractivity contribution is 0.0975. The number of nitrogens with zero attached hydrogens (tertiary/aromatic N) is 4. The summed E-state index contributed by atoms with van der Waals surface area (Å²) in [6.45, 7) is 2.12. The van der Waals surface area contributed by atoms with Crippen LogP contribution in [0.2, 0.25) is 0 Å². The molecule has 1 aromatic carbocycles. The highest BCUT2D eigenvalue weighted by molar-refractivity contribution is 6.06. The van der Waals surface area contributed by atoms with Gasteiger partial charge in [0.15, 0.2) is 5.82 Å². The molecule has 4 rings (SSSR count). The van der Waals surface area contributed by atoms with Crippen LogP contribution < -0.4 is 9.64 Å². The first-order chi connectivity index (χ1) is 13.2. The fourth-order valence-electron chi connectivity index (χ4n) is 3.26. The fourth-order valence-corrected chi connectivity index (χ4v) is 3.26. The van der Waals surface area contributed by atoms with Gasteiger partial charge in [-0.15, -0.1) is 0 Å². The molecule has 0 aliphatic heterocycles. The molecular weight excluding hydrogens is 340 g/mol. The lowest BCUT2D eigenvalue weighted by Crippen LogP contribution is -2.40. The third kappa shape index (κ3) is 3.56. The quantitative estimate of drug-likeness (QED) is 0.670. The van der Waals surface area contributed by atoms with E-state index in [1.807, 2.05) is 53.6 Å². The Kier molecular flexibility index (Phi) is 4.62. The number of ether oxygens (including phenoxy) is 1. The number of amides is 1. The summed E-state index contributed by atoms with van der Waals surface area (Å²) in [6, 6.07) is 13.2. The normalized spacial score (nSPS) is 14.6. The van der Waals surface area contributed by atoms with E-state index in [1.54, 1.807) is 24.2 Å². The van der Waals surface area contributed by atoms with Crippen LogP contribution in [0.5, 0.6) is 5.75 Å². The lowest BCUT2D eigenvalue weighted by atomic mass is 10.1. The molecule has 1 amide bonds. The highest BCUT2D eigenvalue weighted by atomic mass is 16.5. The van der Waals surface area contributed by atoms with Crippen LogP contribution >= 0.6 is 0 Å². The van der Waals surface area contributed by atoms with E-state index in [2.05, 4.69) is 17.0 Å². The maximum atomic E-state index is 13.3. The van der Waals surface area contributed by atoms with Crippen LogP contribution in [0.3, 0.4) is 0 Å². The van der Waals surface area contributed by atoms with Crippen LogP contribution in [0.1, 0.15) is 30.1 Å². The van der Waals surface area contributed by atoms with Gasteiger partial charge in [0, 0.05) is 30.3 Å². The van der Waals surface area contributed by atoms with E-state index in [0.717, 1.165) is 24.3 Å². The third-order valence-corrected chi connectivity index (χ3v) is 5.01. The summed E-state index contributed by atoms with van der Waals surface area (Å²) in [6.07, 6.45) is 7.47. The standard InChI is InChI=1S/C21H22N4O2/c1-15(16-4-5-16)25(18-7-9-19(27-2)10-8-18)21(26)17-6-11-20(22-14-17)24-13-3-12-23-24/h3,6-16H,4-5H2,1-2H3. The Hall–Kier alpha value is -3.15. The van der Waals surface area contributed by atoms with E-state index >= 15 is 0 Å². The van der Waals surface area contributed by atoms with E-state index in [0.29, 0.717) is 17.3 Å². The Morgan fingerprint density at radius 3 is 2.56 bits per heavy atom. The fraction of sp³-hybridized carbons (Fsp3) is 0.286. The predicted molar refractivity (Wildman–Crippen MR) is 103 cm³/mol. The molecular formula is C21H22N4O2. The van der Waals surface area contributed by atoms with Crippen LogP contribution in [0.25, 0.3) is 5.82 Å². The third-order valence-electron chi connectivity index (χ3n) is 5.01. The van der Waals surface area contributed by atoms with Crippen molar-refractivity contribution in [2.45, 2.75) is 25.8 Å². The van der Waals surface area contributed by atoms with Gasteiger partial charge in [-0.3, -0.25) is 4.79 Å². The number of methoxy groups -OCH3 is 1. The molecule has 1 unspecified atom stereocenters. The highest BCUT2D eigenvalue weighted by Crippen LogP contribution is 2.37. The summed E-state index contributed by atoms with van der Waals surface area (Å²) in [5.41, 5.74) is 1.44. The Morgan fingerprint density at radius 2 is 2.00 bits per heavy atom. The first-order valence-corrected chi connectivity index (χ1v) is 9.11. The number of carbonyl (C=O) groups excluding carboxylic acids is 1. The summed E-state index contributed by atoms with van der Waals surface area (Å²) in [4.78, 5) is 19.6. The van der Waals surface area contributed by atoms with E-state index in [1.165, 1.54) is 0 Å². The van der Waals surface area contributed by atoms with E-state index in [-0.39, 0.29) is 11.9 Å². The average Bonchev–Trinajstić information content (AvgIpc) is 3.43. The van der Waals surface area contributed by atoms with Gasteiger partial charge in [0.2, 0.25) is 0 Å². The summed E-state index contributed by atoms with van der Waals surface area (Å²) in [7, 11) is 1.64. The van der Waals surface area contributed by atoms with Gasteiger partial charge in [-0.05, 0) is 68.1 Å². The maximum absolute atomic E-state index is 13.3. The molecule has 1 aliphatic carbocycles. The molecule has 6 heteroatoms. The Balaban J connectivity index is 1.63. The topological polar surface area (TPSA) is 60.2 Å². The lowest BCUT2D eigenvalue weighted by Gasteiger charge is -2.29. The molecule has 0 radical (unpaired) electrons. The van der Waals surface area contributed by atoms with Crippen LogP contribution in [0.15, 0.2) is 61.1 Å². The van der Waals surface area contributed by atoms with Crippen molar-refractivity contribution in [3.8, 4) is 11.6 Å². The second-order valence-corrected chi connectivity index (χ2v) is 6.81. The largest absolute Gasteiger partial charge is 0.497 e. The number of carbonyl (C=O) groups is 1. The highest BCUT2D eigenvalue weighted by Gasteiger charge is 2.35. The summed E-state index contributed by atoms with van der Waals surface area (Å²) < 4.78 is 6.91. The van der Waals surface area contributed by atoms with Gasteiger partial charge in [0.25, 0.3) is 5.91 Å². The minimum atomic E-state index is -0.0425. The van der Waals surface area contributed by atoms with Gasteiger partial charge in [0.05, 0.1) is 12.7 Å². The van der Waals surface area contributed by atoms with Crippen molar-refractivity contribution in [2.24, 2.45) is 5.92 Å². The molecule has 1 fully saturated rings. The molecule has 3 aromatic rings. The van der Waals surface area contributed by atoms with Gasteiger partial charge in [-0.1, -0.05) is 0 Å². The number of rotatable bonds is 6. The summed E-state index contributed by atoms with van der Waals surface area (Å²) in [5.74, 6) is 1.96. The zero-order chi connectivity index (χ0) is 18.8. The van der Waals surface area contributed by atoms with Gasteiger partial charge in [-0.25, -0.2) is 9.67 Å². The number of anilines is 1. The van der Waals surface area contributed by atoms with E-state index in [9.17, 15) is 4.79 Å². The van der Waals surface area contributed by atoms with Crippen molar-refractivity contribution in [3.63, 3.8) is 0 Å². The molecule has 1 atom stereocenters. The molecule has 1 saturated carbocycles. The van der Waals surface area contributed by atoms with Gasteiger partial charge >= 0.3 is 0 Å². The first kappa shape index (κ1) is 17.3. The number of aromatic nitrogens is 3. The summed E-state index contributed by atoms with van der Waals surface area (Å²) in [5, 5.41) is 4.17. The minimum Gasteiger partial charge on any atom is -0.497 e. The average molecular weight is 362 g/mol. The molecule has 0 N–H and O–H groups in total. The van der Waals surface area contributed by atoms with Crippen molar-refractivity contribution in [1.82, 2.24) is 14.8 Å². The van der Waals surface area contributed by atoms with E-state index in [4.69, 9.17) is 4.74 Å². The van der Waals surface area contributed by atoms with E-state index < -0.39 is 0 Å². The van der Waals surface area contributed by atoms with Crippen molar-refractivity contribution >= 4 is 11.6 Å². The SMILES string of the molecule is COc1ccc(N(C(=O)c2ccc(-n3cccn3)nc2)C(C)C2CC2)cc1. The van der Waals surface area contributed by atoms with Crippen molar-refractivity contribution in [3.05, 3.63) is 66.6 Å². The second kappa shape index (κ2) is 7.23. The van der Waals surface area contributed by atoms with Gasteiger partial charge in [-0.2, -0.15) is 5.10 Å². The maximum Gasteiger partial charge on any atom is 0.260 e. The number of benzene rings is 1.